The van der Waals surface area contributed by atoms with Gasteiger partial charge in [0.2, 0.25) is 0 Å². The molecule has 0 amide bonds. The van der Waals surface area contributed by atoms with E-state index >= 15 is 0 Å². The van der Waals surface area contributed by atoms with Gasteiger partial charge in [-0.2, -0.15) is 0 Å². The molecule has 3 nitrogen and oxygen atoms in total. The molecule has 0 aliphatic heterocycles. The highest BCUT2D eigenvalue weighted by Gasteiger charge is 1.96. The second-order valence-electron chi connectivity index (χ2n) is 13.6. The number of rotatable bonds is 40. The monoisotopic (exact) mass is 634 g/mol. The molecule has 0 unspecified atom stereocenters. The first-order valence-corrected chi connectivity index (χ1v) is 20.6. The highest BCUT2D eigenvalue weighted by Crippen LogP contribution is 2.11. The fourth-order valence-electron chi connectivity index (χ4n) is 5.83. The van der Waals surface area contributed by atoms with Crippen LogP contribution in [0.25, 0.3) is 0 Å². The summed E-state index contributed by atoms with van der Waals surface area (Å²) in [5.74, 6) is 0. The molecule has 0 saturated carbocycles. The maximum Gasteiger partial charge on any atom is 0.0478 e. The molecule has 0 heterocycles. The van der Waals surface area contributed by atoms with E-state index < -0.39 is 0 Å². The molecule has 0 aromatic carbocycles. The summed E-state index contributed by atoms with van der Waals surface area (Å²) in [4.78, 5) is 0. The zero-order valence-corrected chi connectivity index (χ0v) is 31.1. The van der Waals surface area contributed by atoms with Crippen molar-refractivity contribution in [1.82, 2.24) is 5.32 Å². The molecule has 0 rings (SSSR count). The summed E-state index contributed by atoms with van der Waals surface area (Å²) in [6.45, 7) is 10.4. The minimum atomic E-state index is 0.893. The van der Waals surface area contributed by atoms with E-state index in [0.717, 1.165) is 52.4 Å². The Kier molecular flexibility index (Phi) is 42.7. The summed E-state index contributed by atoms with van der Waals surface area (Å²) < 4.78 is 11.7. The summed E-state index contributed by atoms with van der Waals surface area (Å²) >= 11 is 0. The highest BCUT2D eigenvalue weighted by atomic mass is 16.5. The van der Waals surface area contributed by atoms with Gasteiger partial charge in [0.05, 0.1) is 0 Å². The largest absolute Gasteiger partial charge is 0.381 e. The number of allylic oxidation sites excluding steroid dienone is 4. The van der Waals surface area contributed by atoms with Crippen LogP contribution in [0.3, 0.4) is 0 Å². The Labute approximate surface area is 284 Å². The first-order valence-electron chi connectivity index (χ1n) is 20.6. The maximum atomic E-state index is 5.83. The Morgan fingerprint density at radius 1 is 0.311 bits per heavy atom. The lowest BCUT2D eigenvalue weighted by Gasteiger charge is -2.07. The fraction of sp³-hybridized carbons (Fsp3) is 0.905. The van der Waals surface area contributed by atoms with Gasteiger partial charge in [0, 0.05) is 26.4 Å². The molecule has 0 aromatic heterocycles. The third-order valence-electron chi connectivity index (χ3n) is 8.89. The topological polar surface area (TPSA) is 30.5 Å². The van der Waals surface area contributed by atoms with E-state index in [-0.39, 0.29) is 0 Å². The SMILES string of the molecule is CCCCCCCC/C=C\CCCCCCCCOCCCNCCCOCCCCCCCC/C=C\CCCCCCCC. The van der Waals surface area contributed by atoms with Crippen LogP contribution in [0.5, 0.6) is 0 Å². The van der Waals surface area contributed by atoms with Crippen molar-refractivity contribution in [1.29, 1.82) is 0 Å². The van der Waals surface area contributed by atoms with Gasteiger partial charge in [0.15, 0.2) is 0 Å². The van der Waals surface area contributed by atoms with Crippen LogP contribution in [0.4, 0.5) is 0 Å². The van der Waals surface area contributed by atoms with Gasteiger partial charge in [-0.15, -0.1) is 0 Å². The average molecular weight is 634 g/mol. The van der Waals surface area contributed by atoms with Gasteiger partial charge in [-0.1, -0.05) is 154 Å². The fourth-order valence-corrected chi connectivity index (χ4v) is 5.83. The Bertz CT molecular complexity index is 513. The zero-order chi connectivity index (χ0) is 32.4. The van der Waals surface area contributed by atoms with Crippen molar-refractivity contribution in [2.24, 2.45) is 0 Å². The van der Waals surface area contributed by atoms with Gasteiger partial charge < -0.3 is 14.8 Å². The normalized spacial score (nSPS) is 12.0. The summed E-state index contributed by atoms with van der Waals surface area (Å²) in [5.41, 5.74) is 0. The van der Waals surface area contributed by atoms with Gasteiger partial charge in [-0.3, -0.25) is 0 Å². The minimum absolute atomic E-state index is 0.893. The standard InChI is InChI=1S/C42H83NO2/c1-3-5-7-9-11-13-15-17-19-21-23-25-27-29-31-33-39-44-41-35-37-43-38-36-42-45-40-34-32-30-28-26-24-22-20-18-16-14-12-10-8-6-4-2/h17-20,43H,3-16,21-42H2,1-2H3/b19-17-,20-18-. The molecular weight excluding hydrogens is 550 g/mol. The summed E-state index contributed by atoms with van der Waals surface area (Å²) in [6.07, 6.45) is 50.0. The van der Waals surface area contributed by atoms with Crippen LogP contribution in [0, 0.1) is 0 Å². The van der Waals surface area contributed by atoms with Crippen molar-refractivity contribution in [2.75, 3.05) is 39.5 Å². The first-order chi connectivity index (χ1) is 22.4. The molecule has 0 saturated heterocycles. The second kappa shape index (κ2) is 43.4. The Morgan fingerprint density at radius 3 is 0.911 bits per heavy atom. The molecule has 1 N–H and O–H groups in total. The smallest absolute Gasteiger partial charge is 0.0478 e. The van der Waals surface area contributed by atoms with E-state index in [9.17, 15) is 0 Å². The van der Waals surface area contributed by atoms with Crippen molar-refractivity contribution in [2.45, 2.75) is 206 Å². The zero-order valence-electron chi connectivity index (χ0n) is 31.1. The van der Waals surface area contributed by atoms with Gasteiger partial charge in [-0.25, -0.2) is 0 Å². The van der Waals surface area contributed by atoms with Gasteiger partial charge in [-0.05, 0) is 90.1 Å². The van der Waals surface area contributed by atoms with E-state index in [1.54, 1.807) is 0 Å². The van der Waals surface area contributed by atoms with Crippen molar-refractivity contribution in [3.8, 4) is 0 Å². The average Bonchev–Trinajstić information content (AvgIpc) is 3.05. The molecule has 0 aromatic rings. The third-order valence-corrected chi connectivity index (χ3v) is 8.89. The van der Waals surface area contributed by atoms with E-state index in [2.05, 4.69) is 43.5 Å². The number of hydrogen-bond donors (Lipinski definition) is 1. The lowest BCUT2D eigenvalue weighted by molar-refractivity contribution is 0.123. The van der Waals surface area contributed by atoms with Gasteiger partial charge >= 0.3 is 0 Å². The van der Waals surface area contributed by atoms with Gasteiger partial charge in [0.1, 0.15) is 0 Å². The molecule has 0 bridgehead atoms. The lowest BCUT2D eigenvalue weighted by Crippen LogP contribution is -2.19. The van der Waals surface area contributed by atoms with Crippen LogP contribution >= 0.6 is 0 Å². The molecule has 0 radical (unpaired) electrons. The van der Waals surface area contributed by atoms with E-state index in [0.29, 0.717) is 0 Å². The van der Waals surface area contributed by atoms with Crippen molar-refractivity contribution >= 4 is 0 Å². The predicted molar refractivity (Wildman–Crippen MR) is 203 cm³/mol. The number of hydrogen-bond acceptors (Lipinski definition) is 3. The van der Waals surface area contributed by atoms with Crippen LogP contribution < -0.4 is 5.32 Å². The Hall–Kier alpha value is -0.640. The second-order valence-corrected chi connectivity index (χ2v) is 13.6. The van der Waals surface area contributed by atoms with Crippen LogP contribution in [-0.4, -0.2) is 39.5 Å². The third kappa shape index (κ3) is 43.4. The maximum absolute atomic E-state index is 5.83. The molecule has 3 heteroatoms. The predicted octanol–water partition coefficient (Wildman–Crippen LogP) is 13.5. The molecule has 0 aliphatic rings. The molecule has 268 valence electrons. The summed E-state index contributed by atoms with van der Waals surface area (Å²) in [6, 6.07) is 0. The number of unbranched alkanes of at least 4 members (excludes halogenated alkanes) is 24. The quantitative estimate of drug-likeness (QED) is 0.0538. The lowest BCUT2D eigenvalue weighted by atomic mass is 10.1. The van der Waals surface area contributed by atoms with Crippen LogP contribution in [-0.2, 0) is 9.47 Å². The van der Waals surface area contributed by atoms with E-state index in [4.69, 9.17) is 9.47 Å². The van der Waals surface area contributed by atoms with Crippen molar-refractivity contribution in [3.05, 3.63) is 24.3 Å². The number of nitrogens with one attached hydrogen (secondary N) is 1. The highest BCUT2D eigenvalue weighted by molar-refractivity contribution is 4.82. The van der Waals surface area contributed by atoms with E-state index in [1.165, 1.54) is 180 Å². The molecule has 0 atom stereocenters. The van der Waals surface area contributed by atoms with E-state index in [1.807, 2.05) is 0 Å². The summed E-state index contributed by atoms with van der Waals surface area (Å²) in [7, 11) is 0. The molecule has 45 heavy (non-hydrogen) atoms. The molecule has 0 fully saturated rings. The van der Waals surface area contributed by atoms with Crippen LogP contribution in [0.2, 0.25) is 0 Å². The molecule has 0 spiro atoms. The Morgan fingerprint density at radius 2 is 0.578 bits per heavy atom. The number of ether oxygens (including phenoxy) is 2. The van der Waals surface area contributed by atoms with Gasteiger partial charge in [0.25, 0.3) is 0 Å². The molecular formula is C42H83NO2. The van der Waals surface area contributed by atoms with Crippen molar-refractivity contribution in [3.63, 3.8) is 0 Å². The molecule has 0 aliphatic carbocycles. The first kappa shape index (κ1) is 44.4. The van der Waals surface area contributed by atoms with Crippen molar-refractivity contribution < 1.29 is 9.47 Å². The summed E-state index contributed by atoms with van der Waals surface area (Å²) in [5, 5.41) is 3.53. The minimum Gasteiger partial charge on any atom is -0.381 e. The van der Waals surface area contributed by atoms with Crippen LogP contribution in [0.1, 0.15) is 206 Å². The van der Waals surface area contributed by atoms with Crippen LogP contribution in [0.15, 0.2) is 24.3 Å². The Balaban J connectivity index is 3.09.